The zero-order valence-corrected chi connectivity index (χ0v) is 21.0. The first-order valence-electron chi connectivity index (χ1n) is 13.1. The molecule has 2 amide bonds. The number of piperidine rings is 1. The van der Waals surface area contributed by atoms with Gasteiger partial charge in [0.1, 0.15) is 11.9 Å². The van der Waals surface area contributed by atoms with Gasteiger partial charge in [0.05, 0.1) is 18.8 Å². The third-order valence-corrected chi connectivity index (χ3v) is 8.66. The lowest BCUT2D eigenvalue weighted by atomic mass is 9.63. The molecule has 2 aliphatic heterocycles. The van der Waals surface area contributed by atoms with Crippen molar-refractivity contribution in [3.63, 3.8) is 0 Å². The number of fused-ring (bicyclic) bond motifs is 2. The third kappa shape index (κ3) is 5.59. The summed E-state index contributed by atoms with van der Waals surface area (Å²) < 4.78 is 11.6. The number of hydrogen-bond acceptors (Lipinski definition) is 6. The predicted octanol–water partition coefficient (Wildman–Crippen LogP) is 2.91. The highest BCUT2D eigenvalue weighted by Gasteiger charge is 2.53. The summed E-state index contributed by atoms with van der Waals surface area (Å²) in [6, 6.07) is 0. The van der Waals surface area contributed by atoms with Gasteiger partial charge in [-0.15, -0.1) is 0 Å². The molecule has 2 heterocycles. The van der Waals surface area contributed by atoms with Crippen LogP contribution in [0.4, 0.5) is 4.79 Å². The van der Waals surface area contributed by atoms with Crippen LogP contribution in [0.3, 0.4) is 0 Å². The number of nitrogens with one attached hydrogen (secondary N) is 1. The Morgan fingerprint density at radius 3 is 2.56 bits per heavy atom. The van der Waals surface area contributed by atoms with Crippen LogP contribution in [0.1, 0.15) is 72.1 Å². The van der Waals surface area contributed by atoms with Crippen LogP contribution >= 0.6 is 0 Å². The highest BCUT2D eigenvalue weighted by Crippen LogP contribution is 2.53. The molecule has 4 rings (SSSR count). The van der Waals surface area contributed by atoms with E-state index < -0.39 is 17.6 Å². The van der Waals surface area contributed by atoms with E-state index in [2.05, 4.69) is 5.32 Å². The van der Waals surface area contributed by atoms with Gasteiger partial charge in [0, 0.05) is 36.9 Å². The Kier molecular flexibility index (Phi) is 7.58. The molecule has 34 heavy (non-hydrogen) atoms. The van der Waals surface area contributed by atoms with E-state index in [9.17, 15) is 19.5 Å². The zero-order valence-electron chi connectivity index (χ0n) is 21.0. The number of amides is 2. The molecule has 6 atom stereocenters. The molecule has 0 aromatic rings. The molecule has 0 radical (unpaired) electrons. The lowest BCUT2D eigenvalue weighted by Gasteiger charge is -2.46. The van der Waals surface area contributed by atoms with Crippen LogP contribution < -0.4 is 5.32 Å². The van der Waals surface area contributed by atoms with Gasteiger partial charge in [-0.25, -0.2) is 4.79 Å². The van der Waals surface area contributed by atoms with E-state index in [4.69, 9.17) is 9.47 Å². The Morgan fingerprint density at radius 2 is 1.88 bits per heavy atom. The van der Waals surface area contributed by atoms with Crippen molar-refractivity contribution in [1.82, 2.24) is 10.2 Å². The van der Waals surface area contributed by atoms with E-state index >= 15 is 0 Å². The summed E-state index contributed by atoms with van der Waals surface area (Å²) >= 11 is 0. The number of aliphatic hydroxyl groups is 1. The summed E-state index contributed by atoms with van der Waals surface area (Å²) in [4.78, 5) is 38.5. The maximum Gasteiger partial charge on any atom is 0.407 e. The van der Waals surface area contributed by atoms with E-state index in [0.29, 0.717) is 37.6 Å². The van der Waals surface area contributed by atoms with Gasteiger partial charge in [0.15, 0.2) is 0 Å². The summed E-state index contributed by atoms with van der Waals surface area (Å²) in [6.07, 6.45) is 6.76. The molecular weight excluding hydrogens is 436 g/mol. The van der Waals surface area contributed by atoms with Crippen molar-refractivity contribution in [2.45, 2.75) is 89.9 Å². The summed E-state index contributed by atoms with van der Waals surface area (Å²) in [5, 5.41) is 12.9. The summed E-state index contributed by atoms with van der Waals surface area (Å²) in [6.45, 7) is 8.46. The van der Waals surface area contributed by atoms with Crippen molar-refractivity contribution in [1.29, 1.82) is 0 Å². The second kappa shape index (κ2) is 10.1. The number of likely N-dealkylation sites (tertiary alicyclic amines) is 1. The molecule has 192 valence electrons. The van der Waals surface area contributed by atoms with Crippen molar-refractivity contribution in [3.8, 4) is 0 Å². The SMILES string of the molecule is CC(C)(C)OC(=O)NCC1CCC2OCC3(CCN(C(=O)C4CCC(O)C(C=O)C4)CC3)C2C1. The molecule has 0 aromatic carbocycles. The van der Waals surface area contributed by atoms with Crippen LogP contribution in [0.25, 0.3) is 0 Å². The minimum absolute atomic E-state index is 0.111. The highest BCUT2D eigenvalue weighted by atomic mass is 16.6. The Labute approximate surface area is 203 Å². The average molecular weight is 479 g/mol. The summed E-state index contributed by atoms with van der Waals surface area (Å²) in [5.41, 5.74) is -0.387. The third-order valence-electron chi connectivity index (χ3n) is 8.66. The van der Waals surface area contributed by atoms with Crippen LogP contribution in [0.5, 0.6) is 0 Å². The number of nitrogens with zero attached hydrogens (tertiary/aromatic N) is 1. The Hall–Kier alpha value is -1.67. The van der Waals surface area contributed by atoms with Crippen molar-refractivity contribution in [2.75, 3.05) is 26.2 Å². The standard InChI is InChI=1S/C26H42N2O6/c1-25(2,3)34-24(32)27-14-17-4-7-22-20(12-17)26(16-33-22)8-10-28(11-9-26)23(31)18-5-6-21(30)19(13-18)15-29/h15,17-22,30H,4-14,16H2,1-3H3,(H,27,32). The first-order valence-corrected chi connectivity index (χ1v) is 13.1. The van der Waals surface area contributed by atoms with E-state index in [-0.39, 0.29) is 29.4 Å². The molecule has 4 fully saturated rings. The zero-order chi connectivity index (χ0) is 24.5. The molecule has 2 saturated heterocycles. The van der Waals surface area contributed by atoms with Crippen molar-refractivity contribution in [3.05, 3.63) is 0 Å². The normalized spacial score (nSPS) is 35.5. The summed E-state index contributed by atoms with van der Waals surface area (Å²) in [7, 11) is 0. The fourth-order valence-electron chi connectivity index (χ4n) is 6.69. The van der Waals surface area contributed by atoms with E-state index in [1.165, 1.54) is 0 Å². The van der Waals surface area contributed by atoms with Gasteiger partial charge in [-0.3, -0.25) is 4.79 Å². The fraction of sp³-hybridized carbons (Fsp3) is 0.885. The van der Waals surface area contributed by atoms with Gasteiger partial charge in [-0.05, 0) is 84.0 Å². The minimum Gasteiger partial charge on any atom is -0.444 e. The number of aldehydes is 1. The minimum atomic E-state index is -0.609. The largest absolute Gasteiger partial charge is 0.444 e. The van der Waals surface area contributed by atoms with Gasteiger partial charge in [0.25, 0.3) is 0 Å². The second-order valence-corrected chi connectivity index (χ2v) is 12.1. The first kappa shape index (κ1) is 25.4. The Bertz CT molecular complexity index is 757. The molecule has 2 N–H and O–H groups in total. The maximum absolute atomic E-state index is 13.2. The number of ether oxygens (including phenoxy) is 2. The van der Waals surface area contributed by atoms with Gasteiger partial charge in [0.2, 0.25) is 5.91 Å². The molecule has 0 bridgehead atoms. The molecule has 8 heteroatoms. The van der Waals surface area contributed by atoms with Gasteiger partial charge in [-0.2, -0.15) is 0 Å². The Balaban J connectivity index is 1.29. The predicted molar refractivity (Wildman–Crippen MR) is 126 cm³/mol. The topological polar surface area (TPSA) is 105 Å². The number of rotatable bonds is 4. The second-order valence-electron chi connectivity index (χ2n) is 12.1. The van der Waals surface area contributed by atoms with Gasteiger partial charge >= 0.3 is 6.09 Å². The monoisotopic (exact) mass is 478 g/mol. The number of hydrogen-bond donors (Lipinski definition) is 2. The van der Waals surface area contributed by atoms with Gasteiger partial charge < -0.3 is 29.6 Å². The number of carbonyl (C=O) groups is 3. The lowest BCUT2D eigenvalue weighted by molar-refractivity contribution is -0.141. The number of aliphatic hydroxyl groups excluding tert-OH is 1. The smallest absolute Gasteiger partial charge is 0.407 e. The average Bonchev–Trinajstić information content (AvgIpc) is 3.14. The van der Waals surface area contributed by atoms with Crippen molar-refractivity contribution < 1.29 is 29.0 Å². The molecule has 4 aliphatic rings. The van der Waals surface area contributed by atoms with Crippen molar-refractivity contribution >= 4 is 18.3 Å². The Morgan fingerprint density at radius 1 is 1.15 bits per heavy atom. The van der Waals surface area contributed by atoms with Crippen LogP contribution in [0.15, 0.2) is 0 Å². The van der Waals surface area contributed by atoms with Crippen molar-refractivity contribution in [2.24, 2.45) is 29.1 Å². The first-order chi connectivity index (χ1) is 16.1. The van der Waals surface area contributed by atoms with E-state index in [1.54, 1.807) is 0 Å². The summed E-state index contributed by atoms with van der Waals surface area (Å²) in [5.74, 6) is 0.454. The van der Waals surface area contributed by atoms with Crippen LogP contribution in [-0.4, -0.2) is 72.3 Å². The number of carbonyl (C=O) groups excluding carboxylic acids is 3. The molecule has 6 unspecified atom stereocenters. The fourth-order valence-corrected chi connectivity index (χ4v) is 6.69. The van der Waals surface area contributed by atoms with Crippen LogP contribution in [-0.2, 0) is 19.1 Å². The molecule has 0 aromatic heterocycles. The number of alkyl carbamates (subject to hydrolysis) is 1. The van der Waals surface area contributed by atoms with Crippen LogP contribution in [0, 0.1) is 29.1 Å². The highest BCUT2D eigenvalue weighted by molar-refractivity contribution is 5.79. The molecule has 1 spiro atoms. The maximum atomic E-state index is 13.2. The van der Waals surface area contributed by atoms with E-state index in [1.807, 2.05) is 25.7 Å². The quantitative estimate of drug-likeness (QED) is 0.602. The van der Waals surface area contributed by atoms with Gasteiger partial charge in [-0.1, -0.05) is 0 Å². The molecule has 2 saturated carbocycles. The van der Waals surface area contributed by atoms with Crippen LogP contribution in [0.2, 0.25) is 0 Å². The lowest BCUT2D eigenvalue weighted by Crippen LogP contribution is -2.50. The molecule has 2 aliphatic carbocycles. The van der Waals surface area contributed by atoms with E-state index in [0.717, 1.165) is 58.1 Å². The molecular formula is C26H42N2O6. The molecule has 8 nitrogen and oxygen atoms in total.